The Bertz CT molecular complexity index is 462. The number of rotatable bonds is 5. The Kier molecular flexibility index (Phi) is 3.34. The molecular weight excluding hydrogens is 202 g/mol. The predicted molar refractivity (Wildman–Crippen MR) is 64.4 cm³/mol. The molecule has 0 aliphatic rings. The van der Waals surface area contributed by atoms with Gasteiger partial charge >= 0.3 is 0 Å². The lowest BCUT2D eigenvalue weighted by Gasteiger charge is -2.04. The first-order chi connectivity index (χ1) is 7.86. The number of hydrogen-bond donors (Lipinski definition) is 1. The van der Waals surface area contributed by atoms with E-state index in [4.69, 9.17) is 0 Å². The van der Waals surface area contributed by atoms with Crippen molar-refractivity contribution in [2.24, 2.45) is 0 Å². The minimum atomic E-state index is 0.884. The topological polar surface area (TPSA) is 55.6 Å². The zero-order chi connectivity index (χ0) is 11.4. The lowest BCUT2D eigenvalue weighted by Crippen LogP contribution is -2.04. The molecule has 0 radical (unpaired) electrons. The van der Waals surface area contributed by atoms with E-state index in [9.17, 15) is 0 Å². The van der Waals surface area contributed by atoms with E-state index in [0.717, 1.165) is 42.8 Å². The van der Waals surface area contributed by atoms with Crippen LogP contribution >= 0.6 is 0 Å². The Balaban J connectivity index is 2.36. The van der Waals surface area contributed by atoms with Gasteiger partial charge < -0.3 is 5.32 Å². The number of aryl methyl sites for hydroxylation is 1. The van der Waals surface area contributed by atoms with Gasteiger partial charge in [-0.05, 0) is 12.8 Å². The molecule has 0 saturated carbocycles. The van der Waals surface area contributed by atoms with Gasteiger partial charge in [-0.2, -0.15) is 5.10 Å². The Morgan fingerprint density at radius 3 is 2.88 bits per heavy atom. The van der Waals surface area contributed by atoms with Gasteiger partial charge in [0.25, 0.3) is 0 Å². The molecule has 16 heavy (non-hydrogen) atoms. The van der Waals surface area contributed by atoms with Gasteiger partial charge in [0.15, 0.2) is 5.65 Å². The number of nitrogens with one attached hydrogen (secondary N) is 1. The van der Waals surface area contributed by atoms with Crippen LogP contribution in [-0.4, -0.2) is 26.3 Å². The van der Waals surface area contributed by atoms with Gasteiger partial charge in [-0.25, -0.2) is 14.6 Å². The molecular formula is C11H17N5. The van der Waals surface area contributed by atoms with Crippen molar-refractivity contribution in [1.82, 2.24) is 19.7 Å². The minimum absolute atomic E-state index is 0.884. The molecule has 0 aromatic carbocycles. The Morgan fingerprint density at radius 2 is 2.12 bits per heavy atom. The molecule has 5 nitrogen and oxygen atoms in total. The van der Waals surface area contributed by atoms with Crippen molar-refractivity contribution in [2.75, 3.05) is 11.9 Å². The molecule has 0 fully saturated rings. The van der Waals surface area contributed by atoms with E-state index in [2.05, 4.69) is 34.2 Å². The zero-order valence-corrected chi connectivity index (χ0v) is 9.77. The summed E-state index contributed by atoms with van der Waals surface area (Å²) in [5, 5.41) is 8.62. The normalized spacial score (nSPS) is 10.9. The summed E-state index contributed by atoms with van der Waals surface area (Å²) in [5.41, 5.74) is 0.912. The van der Waals surface area contributed by atoms with Gasteiger partial charge in [0, 0.05) is 13.1 Å². The van der Waals surface area contributed by atoms with Crippen molar-refractivity contribution in [3.05, 3.63) is 12.5 Å². The molecule has 2 rings (SSSR count). The van der Waals surface area contributed by atoms with Crippen LogP contribution in [0.3, 0.4) is 0 Å². The lowest BCUT2D eigenvalue weighted by atomic mass is 10.3. The van der Waals surface area contributed by atoms with Crippen molar-refractivity contribution in [3.63, 3.8) is 0 Å². The standard InChI is InChI=1S/C11H17N5/c1-3-5-12-10-9-7-15-16(6-4-2)11(9)14-8-13-10/h7-8H,3-6H2,1-2H3,(H,12,13,14). The van der Waals surface area contributed by atoms with Crippen molar-refractivity contribution in [3.8, 4) is 0 Å². The highest BCUT2D eigenvalue weighted by Gasteiger charge is 2.08. The first kappa shape index (κ1) is 10.9. The summed E-state index contributed by atoms with van der Waals surface area (Å²) < 4.78 is 1.92. The molecule has 0 atom stereocenters. The molecule has 0 aliphatic carbocycles. The summed E-state index contributed by atoms with van der Waals surface area (Å²) >= 11 is 0. The summed E-state index contributed by atoms with van der Waals surface area (Å²) in [6, 6.07) is 0. The SMILES string of the molecule is CCCNc1ncnc2c1cnn2CCC. The van der Waals surface area contributed by atoms with Gasteiger partial charge in [-0.1, -0.05) is 13.8 Å². The van der Waals surface area contributed by atoms with Crippen LogP contribution in [0.2, 0.25) is 0 Å². The Morgan fingerprint density at radius 1 is 1.25 bits per heavy atom. The number of aromatic nitrogens is 4. The van der Waals surface area contributed by atoms with Gasteiger partial charge in [0.1, 0.15) is 12.1 Å². The summed E-state index contributed by atoms with van der Waals surface area (Å²) in [4.78, 5) is 8.52. The number of nitrogens with zero attached hydrogens (tertiary/aromatic N) is 4. The molecule has 0 aliphatic heterocycles. The third-order valence-electron chi connectivity index (χ3n) is 2.41. The fourth-order valence-electron chi connectivity index (χ4n) is 1.65. The van der Waals surface area contributed by atoms with E-state index < -0.39 is 0 Å². The Hall–Kier alpha value is -1.65. The van der Waals surface area contributed by atoms with E-state index in [1.54, 1.807) is 6.33 Å². The van der Waals surface area contributed by atoms with Gasteiger partial charge in [-0.15, -0.1) is 0 Å². The molecule has 0 spiro atoms. The second kappa shape index (κ2) is 4.92. The van der Waals surface area contributed by atoms with Crippen LogP contribution in [0.25, 0.3) is 11.0 Å². The van der Waals surface area contributed by atoms with Gasteiger partial charge in [-0.3, -0.25) is 0 Å². The maximum Gasteiger partial charge on any atom is 0.163 e. The molecule has 0 unspecified atom stereocenters. The highest BCUT2D eigenvalue weighted by Crippen LogP contribution is 2.18. The van der Waals surface area contributed by atoms with E-state index in [1.165, 1.54) is 0 Å². The number of fused-ring (bicyclic) bond motifs is 1. The van der Waals surface area contributed by atoms with Crippen LogP contribution in [0.15, 0.2) is 12.5 Å². The maximum absolute atomic E-state index is 4.33. The third-order valence-corrected chi connectivity index (χ3v) is 2.41. The minimum Gasteiger partial charge on any atom is -0.369 e. The monoisotopic (exact) mass is 219 g/mol. The summed E-state index contributed by atoms with van der Waals surface area (Å²) in [7, 11) is 0. The van der Waals surface area contributed by atoms with E-state index >= 15 is 0 Å². The van der Waals surface area contributed by atoms with E-state index in [1.807, 2.05) is 10.9 Å². The molecule has 2 aromatic heterocycles. The lowest BCUT2D eigenvalue weighted by molar-refractivity contribution is 0.617. The molecule has 2 aromatic rings. The second-order valence-corrected chi connectivity index (χ2v) is 3.75. The van der Waals surface area contributed by atoms with Crippen LogP contribution in [0.4, 0.5) is 5.82 Å². The number of hydrogen-bond acceptors (Lipinski definition) is 4. The highest BCUT2D eigenvalue weighted by atomic mass is 15.3. The first-order valence-electron chi connectivity index (χ1n) is 5.77. The van der Waals surface area contributed by atoms with Gasteiger partial charge in [0.2, 0.25) is 0 Å². The molecule has 0 bridgehead atoms. The average molecular weight is 219 g/mol. The van der Waals surface area contributed by atoms with Crippen LogP contribution in [0.5, 0.6) is 0 Å². The zero-order valence-electron chi connectivity index (χ0n) is 9.77. The van der Waals surface area contributed by atoms with Crippen LogP contribution in [0, 0.1) is 0 Å². The highest BCUT2D eigenvalue weighted by molar-refractivity contribution is 5.85. The largest absolute Gasteiger partial charge is 0.369 e. The molecule has 0 saturated heterocycles. The third kappa shape index (κ3) is 1.98. The quantitative estimate of drug-likeness (QED) is 0.836. The fourth-order valence-corrected chi connectivity index (χ4v) is 1.65. The Labute approximate surface area is 94.9 Å². The van der Waals surface area contributed by atoms with Crippen molar-refractivity contribution < 1.29 is 0 Å². The summed E-state index contributed by atoms with van der Waals surface area (Å²) in [6.45, 7) is 6.08. The molecule has 0 amide bonds. The summed E-state index contributed by atoms with van der Waals surface area (Å²) in [5.74, 6) is 0.884. The number of anilines is 1. The fraction of sp³-hybridized carbons (Fsp3) is 0.545. The smallest absolute Gasteiger partial charge is 0.163 e. The molecule has 2 heterocycles. The maximum atomic E-state index is 4.33. The molecule has 86 valence electrons. The van der Waals surface area contributed by atoms with Crippen LogP contribution < -0.4 is 5.32 Å². The van der Waals surface area contributed by atoms with Crippen LogP contribution in [0.1, 0.15) is 26.7 Å². The van der Waals surface area contributed by atoms with Crippen molar-refractivity contribution in [2.45, 2.75) is 33.2 Å². The van der Waals surface area contributed by atoms with Crippen LogP contribution in [-0.2, 0) is 6.54 Å². The first-order valence-corrected chi connectivity index (χ1v) is 5.77. The molecule has 1 N–H and O–H groups in total. The van der Waals surface area contributed by atoms with E-state index in [-0.39, 0.29) is 0 Å². The second-order valence-electron chi connectivity index (χ2n) is 3.75. The van der Waals surface area contributed by atoms with Crippen molar-refractivity contribution in [1.29, 1.82) is 0 Å². The molecule has 5 heteroatoms. The van der Waals surface area contributed by atoms with Crippen molar-refractivity contribution >= 4 is 16.9 Å². The van der Waals surface area contributed by atoms with Gasteiger partial charge in [0.05, 0.1) is 11.6 Å². The average Bonchev–Trinajstić information content (AvgIpc) is 2.71. The predicted octanol–water partition coefficient (Wildman–Crippen LogP) is 2.06. The summed E-state index contributed by atoms with van der Waals surface area (Å²) in [6.07, 6.45) is 5.56. The van der Waals surface area contributed by atoms with E-state index in [0.29, 0.717) is 0 Å².